The largest absolute Gasteiger partial charge is 0.338 e. The lowest BCUT2D eigenvalue weighted by Gasteiger charge is -2.36. The number of fused-ring (bicyclic) bond motifs is 2. The van der Waals surface area contributed by atoms with Gasteiger partial charge < -0.3 is 10.6 Å². The minimum atomic E-state index is 0.138. The average Bonchev–Trinajstić information content (AvgIpc) is 2.61. The first kappa shape index (κ1) is 11.7. The summed E-state index contributed by atoms with van der Waals surface area (Å²) in [7, 11) is 0. The number of piperidine rings is 1. The van der Waals surface area contributed by atoms with E-state index < -0.39 is 0 Å². The second kappa shape index (κ2) is 4.35. The first-order valence-corrected chi connectivity index (χ1v) is 6.62. The van der Waals surface area contributed by atoms with E-state index in [4.69, 9.17) is 5.73 Å². The Morgan fingerprint density at radius 2 is 2.06 bits per heavy atom. The van der Waals surface area contributed by atoms with Crippen LogP contribution in [0.2, 0.25) is 0 Å². The predicted octanol–water partition coefficient (Wildman–Crippen LogP) is 1.20. The molecule has 2 fully saturated rings. The Balaban J connectivity index is 1.81. The molecule has 1 aromatic rings. The highest BCUT2D eigenvalue weighted by molar-refractivity contribution is 5.95. The van der Waals surface area contributed by atoms with Gasteiger partial charge in [-0.3, -0.25) is 9.78 Å². The van der Waals surface area contributed by atoms with E-state index in [9.17, 15) is 4.79 Å². The molecular weight excluding hydrogens is 226 g/mol. The topological polar surface area (TPSA) is 59.2 Å². The first-order valence-electron chi connectivity index (χ1n) is 6.62. The zero-order valence-electron chi connectivity index (χ0n) is 10.7. The molecule has 4 nitrogen and oxygen atoms in total. The predicted molar refractivity (Wildman–Crippen MR) is 69.1 cm³/mol. The molecule has 1 aliphatic heterocycles. The molecule has 1 amide bonds. The number of pyridine rings is 1. The molecule has 2 aliphatic rings. The highest BCUT2D eigenvalue weighted by Gasteiger charge is 2.41. The third-order valence-corrected chi connectivity index (χ3v) is 4.44. The summed E-state index contributed by atoms with van der Waals surface area (Å²) in [4.78, 5) is 18.5. The summed E-state index contributed by atoms with van der Waals surface area (Å²) < 4.78 is 0. The second-order valence-electron chi connectivity index (χ2n) is 5.58. The Morgan fingerprint density at radius 3 is 2.67 bits per heavy atom. The number of hydrogen-bond acceptors (Lipinski definition) is 3. The SMILES string of the molecule is Cc1cnccc1C(=O)N1C[C@H]2CC[C@@H](C1)C2N. The minimum Gasteiger partial charge on any atom is -0.338 e. The van der Waals surface area contributed by atoms with Crippen LogP contribution in [0.1, 0.15) is 28.8 Å². The maximum absolute atomic E-state index is 12.5. The number of aromatic nitrogens is 1. The lowest BCUT2D eigenvalue weighted by Crippen LogP contribution is -2.50. The van der Waals surface area contributed by atoms with Crippen molar-refractivity contribution in [2.75, 3.05) is 13.1 Å². The normalized spacial score (nSPS) is 30.6. The zero-order chi connectivity index (χ0) is 12.7. The number of aryl methyl sites for hydroxylation is 1. The Kier molecular flexibility index (Phi) is 2.82. The highest BCUT2D eigenvalue weighted by atomic mass is 16.2. The van der Waals surface area contributed by atoms with Crippen molar-refractivity contribution in [3.8, 4) is 0 Å². The summed E-state index contributed by atoms with van der Waals surface area (Å²) in [5.74, 6) is 1.13. The van der Waals surface area contributed by atoms with Crippen LogP contribution in [0, 0.1) is 18.8 Å². The molecule has 2 N–H and O–H groups in total. The van der Waals surface area contributed by atoms with Gasteiger partial charge in [0.1, 0.15) is 0 Å². The molecule has 1 saturated carbocycles. The van der Waals surface area contributed by atoms with Crippen LogP contribution < -0.4 is 5.73 Å². The molecule has 1 saturated heterocycles. The van der Waals surface area contributed by atoms with E-state index in [-0.39, 0.29) is 5.91 Å². The third-order valence-electron chi connectivity index (χ3n) is 4.44. The standard InChI is InChI=1S/C14H19N3O/c1-9-6-16-5-4-12(9)14(18)17-7-10-2-3-11(8-17)13(10)15/h4-6,10-11,13H,2-3,7-8,15H2,1H3/t10-,11+,13?. The van der Waals surface area contributed by atoms with Crippen LogP contribution in [0.25, 0.3) is 0 Å². The second-order valence-corrected chi connectivity index (χ2v) is 5.58. The van der Waals surface area contributed by atoms with E-state index in [2.05, 4.69) is 4.98 Å². The molecule has 96 valence electrons. The quantitative estimate of drug-likeness (QED) is 0.808. The van der Waals surface area contributed by atoms with Crippen LogP contribution in [0.15, 0.2) is 18.5 Å². The third kappa shape index (κ3) is 1.81. The maximum Gasteiger partial charge on any atom is 0.254 e. The van der Waals surface area contributed by atoms with Crippen LogP contribution in [0.3, 0.4) is 0 Å². The van der Waals surface area contributed by atoms with Crippen molar-refractivity contribution in [1.82, 2.24) is 9.88 Å². The van der Waals surface area contributed by atoms with E-state index in [1.807, 2.05) is 17.9 Å². The fraction of sp³-hybridized carbons (Fsp3) is 0.571. The summed E-state index contributed by atoms with van der Waals surface area (Å²) in [6.45, 7) is 3.57. The van der Waals surface area contributed by atoms with Crippen LogP contribution in [0.4, 0.5) is 0 Å². The monoisotopic (exact) mass is 245 g/mol. The lowest BCUT2D eigenvalue weighted by molar-refractivity contribution is 0.0636. The van der Waals surface area contributed by atoms with Gasteiger partial charge in [0.25, 0.3) is 5.91 Å². The molecule has 1 aromatic heterocycles. The van der Waals surface area contributed by atoms with E-state index in [1.165, 1.54) is 12.8 Å². The molecule has 18 heavy (non-hydrogen) atoms. The van der Waals surface area contributed by atoms with Crippen LogP contribution >= 0.6 is 0 Å². The van der Waals surface area contributed by atoms with Crippen molar-refractivity contribution in [1.29, 1.82) is 0 Å². The fourth-order valence-electron chi connectivity index (χ4n) is 3.31. The molecule has 2 heterocycles. The van der Waals surface area contributed by atoms with E-state index in [0.29, 0.717) is 17.9 Å². The first-order chi connectivity index (χ1) is 8.66. The molecule has 1 aliphatic carbocycles. The van der Waals surface area contributed by atoms with Gasteiger partial charge in [0, 0.05) is 37.1 Å². The van der Waals surface area contributed by atoms with Gasteiger partial charge >= 0.3 is 0 Å². The van der Waals surface area contributed by atoms with E-state index in [1.54, 1.807) is 12.4 Å². The Hall–Kier alpha value is -1.42. The molecule has 3 atom stereocenters. The number of nitrogens with zero attached hydrogens (tertiary/aromatic N) is 2. The van der Waals surface area contributed by atoms with Gasteiger partial charge in [0.15, 0.2) is 0 Å². The summed E-state index contributed by atoms with van der Waals surface area (Å²) in [6, 6.07) is 2.11. The highest BCUT2D eigenvalue weighted by Crippen LogP contribution is 2.36. The molecule has 4 heteroatoms. The molecular formula is C14H19N3O. The Morgan fingerprint density at radius 1 is 1.39 bits per heavy atom. The summed E-state index contributed by atoms with van der Waals surface area (Å²) in [5, 5.41) is 0. The van der Waals surface area contributed by atoms with Crippen molar-refractivity contribution in [2.24, 2.45) is 17.6 Å². The number of hydrogen-bond donors (Lipinski definition) is 1. The smallest absolute Gasteiger partial charge is 0.254 e. The van der Waals surface area contributed by atoms with Gasteiger partial charge in [-0.15, -0.1) is 0 Å². The van der Waals surface area contributed by atoms with Crippen LogP contribution in [-0.4, -0.2) is 34.9 Å². The van der Waals surface area contributed by atoms with Gasteiger partial charge in [-0.2, -0.15) is 0 Å². The number of rotatable bonds is 1. The van der Waals surface area contributed by atoms with E-state index in [0.717, 1.165) is 24.2 Å². The van der Waals surface area contributed by atoms with Gasteiger partial charge in [0.05, 0.1) is 0 Å². The summed E-state index contributed by atoms with van der Waals surface area (Å²) >= 11 is 0. The van der Waals surface area contributed by atoms with Gasteiger partial charge in [-0.1, -0.05) is 0 Å². The van der Waals surface area contributed by atoms with Crippen molar-refractivity contribution in [3.63, 3.8) is 0 Å². The lowest BCUT2D eigenvalue weighted by atomic mass is 9.92. The molecule has 1 unspecified atom stereocenters. The molecule has 3 rings (SSSR count). The number of carbonyl (C=O) groups excluding carboxylic acids is 1. The van der Waals surface area contributed by atoms with Gasteiger partial charge in [-0.05, 0) is 43.2 Å². The fourth-order valence-corrected chi connectivity index (χ4v) is 3.31. The van der Waals surface area contributed by atoms with Gasteiger partial charge in [-0.25, -0.2) is 0 Å². The van der Waals surface area contributed by atoms with Crippen molar-refractivity contribution < 1.29 is 4.79 Å². The van der Waals surface area contributed by atoms with Gasteiger partial charge in [0.2, 0.25) is 0 Å². The van der Waals surface area contributed by atoms with Crippen molar-refractivity contribution >= 4 is 5.91 Å². The zero-order valence-corrected chi connectivity index (χ0v) is 10.7. The average molecular weight is 245 g/mol. The Bertz CT molecular complexity index is 460. The van der Waals surface area contributed by atoms with Crippen molar-refractivity contribution in [3.05, 3.63) is 29.6 Å². The number of amides is 1. The number of likely N-dealkylation sites (tertiary alicyclic amines) is 1. The van der Waals surface area contributed by atoms with Crippen LogP contribution in [0.5, 0.6) is 0 Å². The van der Waals surface area contributed by atoms with Crippen LogP contribution in [-0.2, 0) is 0 Å². The maximum atomic E-state index is 12.5. The minimum absolute atomic E-state index is 0.138. The molecule has 0 radical (unpaired) electrons. The summed E-state index contributed by atoms with van der Waals surface area (Å²) in [6.07, 6.45) is 5.78. The molecule has 0 aromatic carbocycles. The molecule has 0 spiro atoms. The van der Waals surface area contributed by atoms with Crippen molar-refractivity contribution in [2.45, 2.75) is 25.8 Å². The Labute approximate surface area is 107 Å². The molecule has 2 bridgehead atoms. The number of nitrogens with two attached hydrogens (primary N) is 1. The summed E-state index contributed by atoms with van der Waals surface area (Å²) in [5.41, 5.74) is 7.89. The number of carbonyl (C=O) groups is 1. The van der Waals surface area contributed by atoms with E-state index >= 15 is 0 Å².